The summed E-state index contributed by atoms with van der Waals surface area (Å²) < 4.78 is 0. The molecule has 4 heteroatoms. The lowest BCUT2D eigenvalue weighted by Gasteiger charge is -2.08. The van der Waals surface area contributed by atoms with Gasteiger partial charge in [0, 0.05) is 13.1 Å². The van der Waals surface area contributed by atoms with E-state index in [9.17, 15) is 9.90 Å². The molecule has 0 atom stereocenters. The van der Waals surface area contributed by atoms with E-state index in [1.54, 1.807) is 12.1 Å². The van der Waals surface area contributed by atoms with E-state index >= 15 is 0 Å². The Morgan fingerprint density at radius 3 is 2.67 bits per heavy atom. The van der Waals surface area contributed by atoms with Crippen LogP contribution in [0.25, 0.3) is 11.1 Å². The van der Waals surface area contributed by atoms with Crippen molar-refractivity contribution in [3.8, 4) is 16.9 Å². The highest BCUT2D eigenvalue weighted by atomic mass is 16.4. The van der Waals surface area contributed by atoms with E-state index in [1.807, 2.05) is 37.3 Å². The number of aliphatic carboxylic acids is 1. The first-order valence-electron chi connectivity index (χ1n) is 6.87. The maximum Gasteiger partial charge on any atom is 0.304 e. The molecule has 0 saturated carbocycles. The highest BCUT2D eigenvalue weighted by Crippen LogP contribution is 2.25. The Labute approximate surface area is 124 Å². The van der Waals surface area contributed by atoms with Crippen LogP contribution in [0, 0.1) is 6.92 Å². The second-order valence-electron chi connectivity index (χ2n) is 5.08. The smallest absolute Gasteiger partial charge is 0.304 e. The van der Waals surface area contributed by atoms with Crippen molar-refractivity contribution in [2.45, 2.75) is 19.9 Å². The van der Waals surface area contributed by atoms with E-state index < -0.39 is 5.97 Å². The molecule has 21 heavy (non-hydrogen) atoms. The second-order valence-corrected chi connectivity index (χ2v) is 5.08. The van der Waals surface area contributed by atoms with Crippen molar-refractivity contribution < 1.29 is 15.0 Å². The van der Waals surface area contributed by atoms with Crippen molar-refractivity contribution in [1.82, 2.24) is 5.32 Å². The molecule has 0 bridgehead atoms. The first-order valence-corrected chi connectivity index (χ1v) is 6.87. The van der Waals surface area contributed by atoms with Gasteiger partial charge in [0.25, 0.3) is 0 Å². The zero-order valence-corrected chi connectivity index (χ0v) is 12.0. The summed E-state index contributed by atoms with van der Waals surface area (Å²) in [5.74, 6) is -0.540. The standard InChI is InChI=1S/C17H19NO3/c1-12-7-15(10-16(19)8-12)14-4-2-3-13(9-14)11-18-6-5-17(20)21/h2-4,7-10,18-19H,5-6,11H2,1H3,(H,20,21). The van der Waals surface area contributed by atoms with Crippen LogP contribution in [0.2, 0.25) is 0 Å². The van der Waals surface area contributed by atoms with Crippen molar-refractivity contribution in [3.63, 3.8) is 0 Å². The molecule has 0 aromatic heterocycles. The van der Waals surface area contributed by atoms with Crippen LogP contribution in [0.4, 0.5) is 0 Å². The minimum Gasteiger partial charge on any atom is -0.508 e. The Bertz CT molecular complexity index is 617. The minimum atomic E-state index is -0.800. The number of nitrogens with one attached hydrogen (secondary N) is 1. The lowest BCUT2D eigenvalue weighted by Crippen LogP contribution is -2.17. The minimum absolute atomic E-state index is 0.117. The van der Waals surface area contributed by atoms with Crippen LogP contribution in [-0.4, -0.2) is 22.7 Å². The average molecular weight is 285 g/mol. The van der Waals surface area contributed by atoms with E-state index in [0.717, 1.165) is 22.3 Å². The second kappa shape index (κ2) is 6.90. The van der Waals surface area contributed by atoms with E-state index in [-0.39, 0.29) is 12.2 Å². The summed E-state index contributed by atoms with van der Waals surface area (Å²) in [6, 6.07) is 13.5. The normalized spacial score (nSPS) is 10.5. The number of hydrogen-bond donors (Lipinski definition) is 3. The van der Waals surface area contributed by atoms with Crippen LogP contribution in [-0.2, 0) is 11.3 Å². The van der Waals surface area contributed by atoms with Gasteiger partial charge in [-0.05, 0) is 47.4 Å². The maximum atomic E-state index is 10.4. The van der Waals surface area contributed by atoms with Crippen LogP contribution in [0.5, 0.6) is 5.75 Å². The summed E-state index contributed by atoms with van der Waals surface area (Å²) in [4.78, 5) is 10.4. The number of carboxylic acids is 1. The molecule has 0 fully saturated rings. The number of phenols is 1. The van der Waals surface area contributed by atoms with Gasteiger partial charge in [-0.25, -0.2) is 0 Å². The van der Waals surface area contributed by atoms with Gasteiger partial charge in [-0.15, -0.1) is 0 Å². The van der Waals surface area contributed by atoms with Crippen molar-refractivity contribution >= 4 is 5.97 Å². The van der Waals surface area contributed by atoms with Crippen molar-refractivity contribution in [2.24, 2.45) is 0 Å². The summed E-state index contributed by atoms with van der Waals surface area (Å²) >= 11 is 0. The van der Waals surface area contributed by atoms with Gasteiger partial charge in [0.05, 0.1) is 6.42 Å². The zero-order chi connectivity index (χ0) is 15.2. The number of carboxylic acid groups (broad SMARTS) is 1. The van der Waals surface area contributed by atoms with Gasteiger partial charge in [0.15, 0.2) is 0 Å². The summed E-state index contributed by atoms with van der Waals surface area (Å²) in [6.45, 7) is 3.02. The number of rotatable bonds is 6. The molecule has 0 aliphatic heterocycles. The van der Waals surface area contributed by atoms with Gasteiger partial charge >= 0.3 is 5.97 Å². The fourth-order valence-corrected chi connectivity index (χ4v) is 2.22. The molecule has 2 aromatic rings. The molecule has 4 nitrogen and oxygen atoms in total. The fraction of sp³-hybridized carbons (Fsp3) is 0.235. The van der Waals surface area contributed by atoms with Gasteiger partial charge in [0.2, 0.25) is 0 Å². The first-order chi connectivity index (χ1) is 10.0. The molecule has 0 aliphatic rings. The van der Waals surface area contributed by atoms with Crippen molar-refractivity contribution in [1.29, 1.82) is 0 Å². The molecular formula is C17H19NO3. The third-order valence-electron chi connectivity index (χ3n) is 3.17. The average Bonchev–Trinajstić information content (AvgIpc) is 2.43. The molecule has 0 aliphatic carbocycles. The summed E-state index contributed by atoms with van der Waals surface area (Å²) in [6.07, 6.45) is 0.117. The largest absolute Gasteiger partial charge is 0.508 e. The molecule has 3 N–H and O–H groups in total. The molecule has 2 aromatic carbocycles. The van der Waals surface area contributed by atoms with Gasteiger partial charge in [-0.1, -0.05) is 24.3 Å². The summed E-state index contributed by atoms with van der Waals surface area (Å²) in [5, 5.41) is 21.4. The van der Waals surface area contributed by atoms with Gasteiger partial charge in [0.1, 0.15) is 5.75 Å². The molecule has 0 heterocycles. The van der Waals surface area contributed by atoms with Crippen molar-refractivity contribution in [2.75, 3.05) is 6.54 Å². The molecule has 110 valence electrons. The third kappa shape index (κ3) is 4.61. The number of carbonyl (C=O) groups is 1. The van der Waals surface area contributed by atoms with E-state index in [4.69, 9.17) is 5.11 Å². The molecule has 0 saturated heterocycles. The number of aromatic hydroxyl groups is 1. The van der Waals surface area contributed by atoms with Crippen LogP contribution in [0.1, 0.15) is 17.5 Å². The summed E-state index contributed by atoms with van der Waals surface area (Å²) in [7, 11) is 0. The highest BCUT2D eigenvalue weighted by Gasteiger charge is 2.03. The predicted octanol–water partition coefficient (Wildman–Crippen LogP) is 2.93. The lowest BCUT2D eigenvalue weighted by atomic mass is 10.0. The zero-order valence-electron chi connectivity index (χ0n) is 12.0. The number of aryl methyl sites for hydroxylation is 1. The predicted molar refractivity (Wildman–Crippen MR) is 82.2 cm³/mol. The van der Waals surface area contributed by atoms with Gasteiger partial charge in [-0.2, -0.15) is 0 Å². The molecule has 0 radical (unpaired) electrons. The topological polar surface area (TPSA) is 69.6 Å². The van der Waals surface area contributed by atoms with Crippen LogP contribution < -0.4 is 5.32 Å². The lowest BCUT2D eigenvalue weighted by molar-refractivity contribution is -0.136. The Balaban J connectivity index is 2.08. The van der Waals surface area contributed by atoms with Gasteiger partial charge < -0.3 is 15.5 Å². The molecule has 2 rings (SSSR count). The maximum absolute atomic E-state index is 10.4. The fourth-order valence-electron chi connectivity index (χ4n) is 2.22. The molecule has 0 spiro atoms. The molecule has 0 amide bonds. The highest BCUT2D eigenvalue weighted by molar-refractivity contribution is 5.67. The van der Waals surface area contributed by atoms with Crippen LogP contribution in [0.15, 0.2) is 42.5 Å². The first kappa shape index (κ1) is 15.1. The number of phenolic OH excluding ortho intramolecular Hbond substituents is 1. The Morgan fingerprint density at radius 2 is 1.95 bits per heavy atom. The van der Waals surface area contributed by atoms with Crippen LogP contribution >= 0.6 is 0 Å². The monoisotopic (exact) mass is 285 g/mol. The Morgan fingerprint density at radius 1 is 1.14 bits per heavy atom. The summed E-state index contributed by atoms with van der Waals surface area (Å²) in [5.41, 5.74) is 4.10. The van der Waals surface area contributed by atoms with Gasteiger partial charge in [-0.3, -0.25) is 4.79 Å². The SMILES string of the molecule is Cc1cc(O)cc(-c2cccc(CNCCC(=O)O)c2)c1. The van der Waals surface area contributed by atoms with Crippen molar-refractivity contribution in [3.05, 3.63) is 53.6 Å². The van der Waals surface area contributed by atoms with E-state index in [1.165, 1.54) is 0 Å². The quantitative estimate of drug-likeness (QED) is 0.714. The van der Waals surface area contributed by atoms with E-state index in [0.29, 0.717) is 13.1 Å². The number of benzene rings is 2. The molecular weight excluding hydrogens is 266 g/mol. The van der Waals surface area contributed by atoms with Crippen LogP contribution in [0.3, 0.4) is 0 Å². The third-order valence-corrected chi connectivity index (χ3v) is 3.17. The number of hydrogen-bond acceptors (Lipinski definition) is 3. The Kier molecular flexibility index (Phi) is 4.95. The Hall–Kier alpha value is -2.33. The molecule has 0 unspecified atom stereocenters. The van der Waals surface area contributed by atoms with E-state index in [2.05, 4.69) is 5.32 Å².